The lowest BCUT2D eigenvalue weighted by molar-refractivity contribution is -0.134. The molecule has 1 rings (SSSR count). The second-order valence-electron chi connectivity index (χ2n) is 6.76. The van der Waals surface area contributed by atoms with Crippen molar-refractivity contribution in [3.8, 4) is 0 Å². The molecule has 1 aliphatic heterocycles. The standard InChI is InChI=1S/C15H30N2O3S.ClH/c1-12(2)4-5-13-6-9-17(10-7-13)15(18)14(16)8-11-21(3,19)20;/h12-14H,4-11,16H2,1-3H3;1H. The molecule has 0 bridgehead atoms. The fourth-order valence-electron chi connectivity index (χ4n) is 2.71. The van der Waals surface area contributed by atoms with Crippen LogP contribution in [-0.4, -0.2) is 50.4 Å². The maximum Gasteiger partial charge on any atom is 0.239 e. The van der Waals surface area contributed by atoms with Crippen LogP contribution in [0.3, 0.4) is 0 Å². The van der Waals surface area contributed by atoms with Gasteiger partial charge in [-0.25, -0.2) is 8.42 Å². The smallest absolute Gasteiger partial charge is 0.239 e. The third-order valence-corrected chi connectivity index (χ3v) is 5.17. The molecule has 1 amide bonds. The van der Waals surface area contributed by atoms with Crippen LogP contribution >= 0.6 is 12.4 Å². The van der Waals surface area contributed by atoms with Gasteiger partial charge in [0.15, 0.2) is 0 Å². The molecule has 132 valence electrons. The van der Waals surface area contributed by atoms with Crippen LogP contribution in [0.1, 0.15) is 46.0 Å². The average molecular weight is 355 g/mol. The predicted octanol–water partition coefficient (Wildman–Crippen LogP) is 1.85. The fraction of sp³-hybridized carbons (Fsp3) is 0.933. The first-order chi connectivity index (χ1) is 9.69. The molecular formula is C15H31ClN2O3S. The summed E-state index contributed by atoms with van der Waals surface area (Å²) >= 11 is 0. The minimum absolute atomic E-state index is 0. The molecular weight excluding hydrogens is 324 g/mol. The molecule has 1 fully saturated rings. The number of likely N-dealkylation sites (tertiary alicyclic amines) is 1. The Balaban J connectivity index is 0.00000441. The quantitative estimate of drug-likeness (QED) is 0.756. The van der Waals surface area contributed by atoms with E-state index in [1.165, 1.54) is 19.1 Å². The second-order valence-corrected chi connectivity index (χ2v) is 9.02. The van der Waals surface area contributed by atoms with Crippen molar-refractivity contribution in [3.05, 3.63) is 0 Å². The molecule has 2 N–H and O–H groups in total. The Morgan fingerprint density at radius 1 is 1.23 bits per heavy atom. The van der Waals surface area contributed by atoms with E-state index in [-0.39, 0.29) is 30.5 Å². The first-order valence-corrected chi connectivity index (χ1v) is 9.97. The Kier molecular flexibility index (Phi) is 9.58. The third-order valence-electron chi connectivity index (χ3n) is 4.20. The van der Waals surface area contributed by atoms with E-state index in [1.54, 1.807) is 4.90 Å². The van der Waals surface area contributed by atoms with E-state index in [0.717, 1.165) is 31.8 Å². The molecule has 0 aliphatic carbocycles. The van der Waals surface area contributed by atoms with Crippen molar-refractivity contribution in [2.24, 2.45) is 17.6 Å². The molecule has 1 heterocycles. The zero-order valence-electron chi connectivity index (χ0n) is 14.0. The second kappa shape index (κ2) is 9.73. The van der Waals surface area contributed by atoms with E-state index in [4.69, 9.17) is 5.73 Å². The number of carbonyl (C=O) groups is 1. The molecule has 1 saturated heterocycles. The van der Waals surface area contributed by atoms with Gasteiger partial charge in [-0.3, -0.25) is 4.79 Å². The highest BCUT2D eigenvalue weighted by Gasteiger charge is 2.26. The SMILES string of the molecule is CC(C)CCC1CCN(C(=O)C(N)CCS(C)(=O)=O)CC1.Cl. The van der Waals surface area contributed by atoms with Crippen LogP contribution in [0.2, 0.25) is 0 Å². The number of hydrogen-bond donors (Lipinski definition) is 1. The van der Waals surface area contributed by atoms with Gasteiger partial charge < -0.3 is 10.6 Å². The van der Waals surface area contributed by atoms with E-state index >= 15 is 0 Å². The van der Waals surface area contributed by atoms with Gasteiger partial charge >= 0.3 is 0 Å². The molecule has 0 radical (unpaired) electrons. The van der Waals surface area contributed by atoms with Crippen LogP contribution in [0, 0.1) is 11.8 Å². The number of carbonyl (C=O) groups excluding carboxylic acids is 1. The van der Waals surface area contributed by atoms with Gasteiger partial charge in [0.1, 0.15) is 9.84 Å². The van der Waals surface area contributed by atoms with Crippen molar-refractivity contribution >= 4 is 28.2 Å². The van der Waals surface area contributed by atoms with E-state index in [2.05, 4.69) is 13.8 Å². The summed E-state index contributed by atoms with van der Waals surface area (Å²) in [6, 6.07) is -0.688. The van der Waals surface area contributed by atoms with Gasteiger partial charge in [0.2, 0.25) is 5.91 Å². The lowest BCUT2D eigenvalue weighted by Gasteiger charge is -2.33. The summed E-state index contributed by atoms with van der Waals surface area (Å²) in [6.45, 7) is 5.99. The number of amides is 1. The van der Waals surface area contributed by atoms with Crippen molar-refractivity contribution in [3.63, 3.8) is 0 Å². The molecule has 1 atom stereocenters. The molecule has 0 aromatic rings. The maximum absolute atomic E-state index is 12.2. The maximum atomic E-state index is 12.2. The number of nitrogens with two attached hydrogens (primary N) is 1. The summed E-state index contributed by atoms with van der Waals surface area (Å²) in [7, 11) is -3.06. The van der Waals surface area contributed by atoms with Crippen molar-refractivity contribution in [1.29, 1.82) is 0 Å². The summed E-state index contributed by atoms with van der Waals surface area (Å²) in [5, 5.41) is 0. The number of hydrogen-bond acceptors (Lipinski definition) is 4. The van der Waals surface area contributed by atoms with Gasteiger partial charge in [-0.1, -0.05) is 26.7 Å². The summed E-state index contributed by atoms with van der Waals surface area (Å²) in [5.41, 5.74) is 5.83. The van der Waals surface area contributed by atoms with Gasteiger partial charge in [0, 0.05) is 19.3 Å². The number of rotatable bonds is 7. The highest BCUT2D eigenvalue weighted by molar-refractivity contribution is 7.90. The molecule has 1 unspecified atom stereocenters. The summed E-state index contributed by atoms with van der Waals surface area (Å²) in [5.74, 6) is 1.32. The van der Waals surface area contributed by atoms with Gasteiger partial charge in [-0.15, -0.1) is 12.4 Å². The first-order valence-electron chi connectivity index (χ1n) is 7.91. The zero-order chi connectivity index (χ0) is 16.0. The lowest BCUT2D eigenvalue weighted by atomic mass is 9.89. The molecule has 0 aromatic carbocycles. The van der Waals surface area contributed by atoms with Crippen LogP contribution < -0.4 is 5.73 Å². The number of sulfone groups is 1. The molecule has 5 nitrogen and oxygen atoms in total. The number of nitrogens with zero attached hydrogens (tertiary/aromatic N) is 1. The topological polar surface area (TPSA) is 80.5 Å². The van der Waals surface area contributed by atoms with Gasteiger partial charge in [0.05, 0.1) is 11.8 Å². The van der Waals surface area contributed by atoms with Crippen LogP contribution in [0.5, 0.6) is 0 Å². The minimum atomic E-state index is -3.06. The Morgan fingerprint density at radius 2 is 1.77 bits per heavy atom. The Bertz CT molecular complexity index is 432. The van der Waals surface area contributed by atoms with Crippen molar-refractivity contribution in [2.45, 2.75) is 52.0 Å². The molecule has 1 aliphatic rings. The lowest BCUT2D eigenvalue weighted by Crippen LogP contribution is -2.47. The Hall–Kier alpha value is -0.330. The van der Waals surface area contributed by atoms with E-state index in [9.17, 15) is 13.2 Å². The van der Waals surface area contributed by atoms with Gasteiger partial charge in [-0.2, -0.15) is 0 Å². The number of piperidine rings is 1. The normalized spacial score (nSPS) is 18.1. The van der Waals surface area contributed by atoms with Gasteiger partial charge in [0.25, 0.3) is 0 Å². The summed E-state index contributed by atoms with van der Waals surface area (Å²) < 4.78 is 22.2. The molecule has 22 heavy (non-hydrogen) atoms. The average Bonchev–Trinajstić information content (AvgIpc) is 2.41. The van der Waals surface area contributed by atoms with Crippen LogP contribution in [0.15, 0.2) is 0 Å². The Labute approximate surface area is 141 Å². The zero-order valence-corrected chi connectivity index (χ0v) is 15.6. The molecule has 0 spiro atoms. The van der Waals surface area contributed by atoms with Crippen molar-refractivity contribution < 1.29 is 13.2 Å². The summed E-state index contributed by atoms with van der Waals surface area (Å²) in [4.78, 5) is 14.0. The first kappa shape index (κ1) is 21.7. The van der Waals surface area contributed by atoms with Gasteiger partial charge in [-0.05, 0) is 31.1 Å². The summed E-state index contributed by atoms with van der Waals surface area (Å²) in [6.07, 6.45) is 5.94. The van der Waals surface area contributed by atoms with Crippen LogP contribution in [0.4, 0.5) is 0 Å². The highest BCUT2D eigenvalue weighted by Crippen LogP contribution is 2.24. The van der Waals surface area contributed by atoms with Crippen molar-refractivity contribution in [2.75, 3.05) is 25.1 Å². The van der Waals surface area contributed by atoms with Crippen molar-refractivity contribution in [1.82, 2.24) is 4.90 Å². The largest absolute Gasteiger partial charge is 0.341 e. The Morgan fingerprint density at radius 3 is 2.23 bits per heavy atom. The minimum Gasteiger partial charge on any atom is -0.341 e. The van der Waals surface area contributed by atoms with E-state index in [0.29, 0.717) is 5.92 Å². The van der Waals surface area contributed by atoms with Crippen LogP contribution in [-0.2, 0) is 14.6 Å². The molecule has 0 aromatic heterocycles. The molecule has 0 saturated carbocycles. The molecule has 7 heteroatoms. The predicted molar refractivity (Wildman–Crippen MR) is 92.9 cm³/mol. The number of halogens is 1. The van der Waals surface area contributed by atoms with E-state index in [1.807, 2.05) is 0 Å². The third kappa shape index (κ3) is 8.34. The fourth-order valence-corrected chi connectivity index (χ4v) is 3.39. The highest BCUT2D eigenvalue weighted by atomic mass is 35.5. The van der Waals surface area contributed by atoms with E-state index < -0.39 is 15.9 Å². The van der Waals surface area contributed by atoms with Crippen LogP contribution in [0.25, 0.3) is 0 Å². The monoisotopic (exact) mass is 354 g/mol.